The Bertz CT molecular complexity index is 766. The number of hydrogen-bond acceptors (Lipinski definition) is 4. The van der Waals surface area contributed by atoms with Crippen LogP contribution in [0.1, 0.15) is 42.4 Å². The number of likely N-dealkylation sites (N-methyl/N-ethyl adjacent to an activating group) is 1. The maximum absolute atomic E-state index is 12.6. The van der Waals surface area contributed by atoms with Crippen molar-refractivity contribution >= 4 is 5.91 Å². The molecular weight excluding hydrogens is 340 g/mol. The van der Waals surface area contributed by atoms with Gasteiger partial charge in [-0.25, -0.2) is 0 Å². The number of ether oxygens (including phenoxy) is 1. The Morgan fingerprint density at radius 2 is 2.00 bits per heavy atom. The zero-order valence-electron chi connectivity index (χ0n) is 17.4. The van der Waals surface area contributed by atoms with Crippen LogP contribution in [0.3, 0.4) is 0 Å². The molecule has 2 aromatic rings. The molecule has 1 aromatic heterocycles. The van der Waals surface area contributed by atoms with E-state index in [4.69, 9.17) is 4.74 Å². The summed E-state index contributed by atoms with van der Waals surface area (Å²) in [6, 6.07) is 8.18. The van der Waals surface area contributed by atoms with Gasteiger partial charge in [-0.05, 0) is 44.6 Å². The lowest BCUT2D eigenvalue weighted by atomic mass is 10.0. The number of aryl methyl sites for hydroxylation is 2. The van der Waals surface area contributed by atoms with Gasteiger partial charge in [-0.3, -0.25) is 14.4 Å². The van der Waals surface area contributed by atoms with Crippen molar-refractivity contribution in [2.24, 2.45) is 7.05 Å². The standard InChI is InChI=1S/C21H32N4O2/c1-7-25(8-2)20(17-10-9-11-18(12-17)27-6)14-22-21(26)13-19-15(3)23-24(5)16(19)4/h9-12,20H,7-8,13-14H2,1-6H3,(H,22,26). The second-order valence-corrected chi connectivity index (χ2v) is 6.77. The molecule has 2 rings (SSSR count). The number of methoxy groups -OCH3 is 1. The zero-order valence-corrected chi connectivity index (χ0v) is 17.4. The molecule has 0 aliphatic rings. The lowest BCUT2D eigenvalue weighted by Gasteiger charge is -2.30. The van der Waals surface area contributed by atoms with Gasteiger partial charge in [0.15, 0.2) is 0 Å². The van der Waals surface area contributed by atoms with Crippen LogP contribution in [0.15, 0.2) is 24.3 Å². The van der Waals surface area contributed by atoms with Gasteiger partial charge in [0.05, 0.1) is 25.3 Å². The van der Waals surface area contributed by atoms with Crippen LogP contribution in [-0.4, -0.2) is 47.3 Å². The SMILES string of the molecule is CCN(CC)C(CNC(=O)Cc1c(C)nn(C)c1C)c1cccc(OC)c1. The molecule has 27 heavy (non-hydrogen) atoms. The van der Waals surface area contributed by atoms with Crippen LogP contribution in [0, 0.1) is 13.8 Å². The summed E-state index contributed by atoms with van der Waals surface area (Å²) in [6.07, 6.45) is 0.356. The number of amides is 1. The second-order valence-electron chi connectivity index (χ2n) is 6.77. The van der Waals surface area contributed by atoms with E-state index >= 15 is 0 Å². The Morgan fingerprint density at radius 3 is 2.56 bits per heavy atom. The Hall–Kier alpha value is -2.34. The smallest absolute Gasteiger partial charge is 0.224 e. The van der Waals surface area contributed by atoms with Crippen molar-refractivity contribution in [1.82, 2.24) is 20.0 Å². The molecule has 0 saturated carbocycles. The van der Waals surface area contributed by atoms with Crippen LogP contribution in [0.25, 0.3) is 0 Å². The Labute approximate surface area is 162 Å². The number of aromatic nitrogens is 2. The quantitative estimate of drug-likeness (QED) is 0.735. The highest BCUT2D eigenvalue weighted by molar-refractivity contribution is 5.79. The number of hydrogen-bond donors (Lipinski definition) is 1. The van der Waals surface area contributed by atoms with E-state index in [1.807, 2.05) is 43.8 Å². The number of nitrogens with one attached hydrogen (secondary N) is 1. The molecule has 1 heterocycles. The molecule has 1 N–H and O–H groups in total. The highest BCUT2D eigenvalue weighted by Gasteiger charge is 2.20. The highest BCUT2D eigenvalue weighted by atomic mass is 16.5. The predicted molar refractivity (Wildman–Crippen MR) is 108 cm³/mol. The largest absolute Gasteiger partial charge is 0.497 e. The molecule has 0 spiro atoms. The maximum atomic E-state index is 12.6. The van der Waals surface area contributed by atoms with Gasteiger partial charge in [0, 0.05) is 24.8 Å². The maximum Gasteiger partial charge on any atom is 0.224 e. The van der Waals surface area contributed by atoms with Crippen molar-refractivity contribution in [3.05, 3.63) is 46.8 Å². The molecule has 1 unspecified atom stereocenters. The van der Waals surface area contributed by atoms with Gasteiger partial charge < -0.3 is 10.1 Å². The predicted octanol–water partition coefficient (Wildman–Crippen LogP) is 2.79. The van der Waals surface area contributed by atoms with Crippen molar-refractivity contribution in [2.45, 2.75) is 40.2 Å². The molecule has 1 aromatic carbocycles. The van der Waals surface area contributed by atoms with Crippen molar-refractivity contribution in [1.29, 1.82) is 0 Å². The van der Waals surface area contributed by atoms with Gasteiger partial charge in [-0.1, -0.05) is 26.0 Å². The third-order valence-corrected chi connectivity index (χ3v) is 5.22. The minimum atomic E-state index is 0.0225. The van der Waals surface area contributed by atoms with Crippen molar-refractivity contribution < 1.29 is 9.53 Å². The molecule has 148 valence electrons. The molecule has 1 amide bonds. The van der Waals surface area contributed by atoms with E-state index in [2.05, 4.69) is 35.2 Å². The third-order valence-electron chi connectivity index (χ3n) is 5.22. The van der Waals surface area contributed by atoms with Gasteiger partial charge in [-0.2, -0.15) is 5.10 Å². The molecule has 0 fully saturated rings. The molecule has 1 atom stereocenters. The number of nitrogens with zero attached hydrogens (tertiary/aromatic N) is 3. The Balaban J connectivity index is 2.12. The van der Waals surface area contributed by atoms with Crippen LogP contribution in [0.4, 0.5) is 0 Å². The first-order valence-electron chi connectivity index (χ1n) is 9.54. The first kappa shape index (κ1) is 21.0. The lowest BCUT2D eigenvalue weighted by Crippen LogP contribution is -2.38. The Morgan fingerprint density at radius 1 is 1.30 bits per heavy atom. The molecular formula is C21H32N4O2. The van der Waals surface area contributed by atoms with E-state index < -0.39 is 0 Å². The molecule has 0 aliphatic carbocycles. The van der Waals surface area contributed by atoms with E-state index in [0.717, 1.165) is 41.4 Å². The summed E-state index contributed by atoms with van der Waals surface area (Å²) in [6.45, 7) is 10.6. The van der Waals surface area contributed by atoms with Gasteiger partial charge in [0.25, 0.3) is 0 Å². The van der Waals surface area contributed by atoms with E-state index in [9.17, 15) is 4.79 Å². The topological polar surface area (TPSA) is 59.4 Å². The Kier molecular flexibility index (Phi) is 7.42. The van der Waals surface area contributed by atoms with Gasteiger partial charge in [0.2, 0.25) is 5.91 Å². The molecule has 0 aliphatic heterocycles. The van der Waals surface area contributed by atoms with E-state index in [1.54, 1.807) is 7.11 Å². The molecule has 0 saturated heterocycles. The first-order chi connectivity index (χ1) is 12.9. The van der Waals surface area contributed by atoms with Crippen LogP contribution < -0.4 is 10.1 Å². The number of rotatable bonds is 9. The van der Waals surface area contributed by atoms with Gasteiger partial charge >= 0.3 is 0 Å². The molecule has 6 nitrogen and oxygen atoms in total. The summed E-state index contributed by atoms with van der Waals surface area (Å²) in [4.78, 5) is 14.9. The highest BCUT2D eigenvalue weighted by Crippen LogP contribution is 2.24. The normalized spacial score (nSPS) is 12.3. The fourth-order valence-electron chi connectivity index (χ4n) is 3.48. The third kappa shape index (κ3) is 5.10. The number of benzene rings is 1. The van der Waals surface area contributed by atoms with E-state index in [-0.39, 0.29) is 11.9 Å². The summed E-state index contributed by atoms with van der Waals surface area (Å²) in [5, 5.41) is 7.52. The minimum absolute atomic E-state index is 0.0225. The summed E-state index contributed by atoms with van der Waals surface area (Å²) >= 11 is 0. The van der Waals surface area contributed by atoms with E-state index in [1.165, 1.54) is 0 Å². The fourth-order valence-corrected chi connectivity index (χ4v) is 3.48. The monoisotopic (exact) mass is 372 g/mol. The van der Waals surface area contributed by atoms with Crippen LogP contribution in [0.2, 0.25) is 0 Å². The minimum Gasteiger partial charge on any atom is -0.497 e. The first-order valence-corrected chi connectivity index (χ1v) is 9.54. The summed E-state index contributed by atoms with van der Waals surface area (Å²) in [5.41, 5.74) is 4.11. The number of carbonyl (C=O) groups excluding carboxylic acids is 1. The number of carbonyl (C=O) groups is 1. The van der Waals surface area contributed by atoms with E-state index in [0.29, 0.717) is 13.0 Å². The van der Waals surface area contributed by atoms with Crippen LogP contribution >= 0.6 is 0 Å². The van der Waals surface area contributed by atoms with Crippen LogP contribution in [0.5, 0.6) is 5.75 Å². The van der Waals surface area contributed by atoms with Crippen molar-refractivity contribution in [3.8, 4) is 5.75 Å². The lowest BCUT2D eigenvalue weighted by molar-refractivity contribution is -0.120. The summed E-state index contributed by atoms with van der Waals surface area (Å²) < 4.78 is 7.20. The van der Waals surface area contributed by atoms with Crippen molar-refractivity contribution in [2.75, 3.05) is 26.7 Å². The molecule has 0 radical (unpaired) electrons. The zero-order chi connectivity index (χ0) is 20.0. The average Bonchev–Trinajstić information content (AvgIpc) is 2.91. The second kappa shape index (κ2) is 9.55. The van der Waals surface area contributed by atoms with Crippen molar-refractivity contribution in [3.63, 3.8) is 0 Å². The van der Waals surface area contributed by atoms with Crippen LogP contribution in [-0.2, 0) is 18.3 Å². The molecule has 0 bridgehead atoms. The molecule has 6 heteroatoms. The average molecular weight is 373 g/mol. The van der Waals surface area contributed by atoms with Gasteiger partial charge in [-0.15, -0.1) is 0 Å². The summed E-state index contributed by atoms with van der Waals surface area (Å²) in [7, 11) is 3.58. The fraction of sp³-hybridized carbons (Fsp3) is 0.524. The van der Waals surface area contributed by atoms with Gasteiger partial charge in [0.1, 0.15) is 5.75 Å². The summed E-state index contributed by atoms with van der Waals surface area (Å²) in [5.74, 6) is 0.854.